The first-order chi connectivity index (χ1) is 13.1. The summed E-state index contributed by atoms with van der Waals surface area (Å²) < 4.78 is 88.2. The molecular formula is C18H17F5N2O2S2. The lowest BCUT2D eigenvalue weighted by Gasteiger charge is -2.41. The number of hydrogen-bond acceptors (Lipinski definition) is 3. The quantitative estimate of drug-likeness (QED) is 0.456. The van der Waals surface area contributed by atoms with Gasteiger partial charge in [0.1, 0.15) is 4.90 Å². The first kappa shape index (κ1) is 20.2. The minimum absolute atomic E-state index is 0.0317. The maximum absolute atomic E-state index is 13.0. The van der Waals surface area contributed by atoms with Gasteiger partial charge in [0.25, 0.3) is 0 Å². The van der Waals surface area contributed by atoms with E-state index < -0.39 is 31.2 Å². The number of allylic oxidation sites excluding steroid dienone is 2. The molecule has 0 bridgehead atoms. The van der Waals surface area contributed by atoms with E-state index in [9.17, 15) is 27.8 Å². The van der Waals surface area contributed by atoms with Crippen LogP contribution in [0.2, 0.25) is 0 Å². The number of hydrogen-bond donors (Lipinski definition) is 2. The summed E-state index contributed by atoms with van der Waals surface area (Å²) in [6.07, 6.45) is 4.42. The van der Waals surface area contributed by atoms with Crippen LogP contribution in [0.3, 0.4) is 0 Å². The Morgan fingerprint density at radius 2 is 1.66 bits per heavy atom. The number of anilines is 1. The molecule has 1 aliphatic heterocycles. The Bertz CT molecular complexity index is 1130. The van der Waals surface area contributed by atoms with Crippen LogP contribution in [0.4, 0.5) is 25.1 Å². The molecule has 2 aliphatic rings. The van der Waals surface area contributed by atoms with Crippen molar-refractivity contribution in [3.63, 3.8) is 0 Å². The molecule has 1 heterocycles. The molecule has 11 heteroatoms. The minimum Gasteiger partial charge on any atom is -0.378 e. The van der Waals surface area contributed by atoms with Gasteiger partial charge in [0.2, 0.25) is 10.0 Å². The number of nitrogens with one attached hydrogen (secondary N) is 1. The third-order valence-corrected chi connectivity index (χ3v) is 7.42. The summed E-state index contributed by atoms with van der Waals surface area (Å²) in [5, 5.41) is 8.41. The molecule has 0 spiro atoms. The first-order valence-electron chi connectivity index (χ1n) is 8.57. The van der Waals surface area contributed by atoms with E-state index in [1.165, 1.54) is 12.1 Å². The average molecular weight is 452 g/mol. The number of fused-ring (bicyclic) bond motifs is 3. The highest BCUT2D eigenvalue weighted by atomic mass is 32.5. The summed E-state index contributed by atoms with van der Waals surface area (Å²) in [5.74, 6) is -0.280. The average Bonchev–Trinajstić information content (AvgIpc) is 3.08. The largest absolute Gasteiger partial charge is 0.378 e. The molecule has 4 nitrogen and oxygen atoms in total. The van der Waals surface area contributed by atoms with Crippen molar-refractivity contribution in [2.24, 2.45) is 11.1 Å². The Labute approximate surface area is 164 Å². The van der Waals surface area contributed by atoms with Crippen LogP contribution >= 0.6 is 10.2 Å². The van der Waals surface area contributed by atoms with Gasteiger partial charge in [-0.1, -0.05) is 43.7 Å². The third kappa shape index (κ3) is 3.74. The SMILES string of the molecule is NS(=O)(=O)c1ccc2c(c1)C1C=CCC1C(c1ccc(S(F)(F)(F)(F)F)cc1)N2. The second kappa shape index (κ2) is 5.52. The van der Waals surface area contributed by atoms with E-state index in [0.717, 1.165) is 17.7 Å². The fourth-order valence-electron chi connectivity index (χ4n) is 4.01. The minimum atomic E-state index is -9.73. The number of halogens is 5. The zero-order valence-corrected chi connectivity index (χ0v) is 16.4. The highest BCUT2D eigenvalue weighted by molar-refractivity contribution is 8.45. The zero-order chi connectivity index (χ0) is 21.3. The van der Waals surface area contributed by atoms with Gasteiger partial charge in [-0.15, -0.1) is 0 Å². The van der Waals surface area contributed by atoms with Crippen molar-refractivity contribution in [2.75, 3.05) is 5.32 Å². The molecule has 29 heavy (non-hydrogen) atoms. The van der Waals surface area contributed by atoms with Crippen LogP contribution in [-0.4, -0.2) is 8.42 Å². The van der Waals surface area contributed by atoms with E-state index >= 15 is 0 Å². The van der Waals surface area contributed by atoms with Gasteiger partial charge in [-0.05, 0) is 53.8 Å². The lowest BCUT2D eigenvalue weighted by Crippen LogP contribution is -2.29. The van der Waals surface area contributed by atoms with Crippen LogP contribution in [0.25, 0.3) is 0 Å². The van der Waals surface area contributed by atoms with E-state index in [4.69, 9.17) is 5.14 Å². The topological polar surface area (TPSA) is 72.2 Å². The van der Waals surface area contributed by atoms with Crippen molar-refractivity contribution in [1.82, 2.24) is 0 Å². The van der Waals surface area contributed by atoms with Gasteiger partial charge in [0, 0.05) is 11.6 Å². The van der Waals surface area contributed by atoms with Crippen LogP contribution in [-0.2, 0) is 10.0 Å². The fraction of sp³-hybridized carbons (Fsp3) is 0.222. The molecule has 158 valence electrons. The molecule has 2 aromatic rings. The van der Waals surface area contributed by atoms with Crippen molar-refractivity contribution in [1.29, 1.82) is 0 Å². The number of primary sulfonamides is 1. The van der Waals surface area contributed by atoms with Gasteiger partial charge >= 0.3 is 10.2 Å². The molecule has 0 saturated carbocycles. The molecule has 0 amide bonds. The van der Waals surface area contributed by atoms with Crippen molar-refractivity contribution in [3.8, 4) is 0 Å². The van der Waals surface area contributed by atoms with Crippen molar-refractivity contribution in [2.45, 2.75) is 28.2 Å². The predicted molar refractivity (Wildman–Crippen MR) is 102 cm³/mol. The molecule has 0 fully saturated rings. The predicted octanol–water partition coefficient (Wildman–Crippen LogP) is 5.82. The van der Waals surface area contributed by atoms with Gasteiger partial charge in [-0.2, -0.15) is 0 Å². The van der Waals surface area contributed by atoms with Crippen molar-refractivity contribution < 1.29 is 27.8 Å². The molecule has 3 atom stereocenters. The fourth-order valence-corrected chi connectivity index (χ4v) is 5.21. The van der Waals surface area contributed by atoms with E-state index in [0.29, 0.717) is 29.8 Å². The summed E-state index contributed by atoms with van der Waals surface area (Å²) in [4.78, 5) is -1.96. The molecule has 1 aliphatic carbocycles. The Balaban J connectivity index is 1.73. The van der Waals surface area contributed by atoms with Crippen LogP contribution in [0.5, 0.6) is 0 Å². The smallest absolute Gasteiger partial charge is 0.310 e. The van der Waals surface area contributed by atoms with Crippen LogP contribution in [0, 0.1) is 5.92 Å². The lowest BCUT2D eigenvalue weighted by atomic mass is 9.77. The molecular weight excluding hydrogens is 435 g/mol. The van der Waals surface area contributed by atoms with E-state index in [-0.39, 0.29) is 16.7 Å². The van der Waals surface area contributed by atoms with Gasteiger partial charge in [-0.25, -0.2) is 13.6 Å². The van der Waals surface area contributed by atoms with Crippen molar-refractivity contribution in [3.05, 3.63) is 65.7 Å². The Morgan fingerprint density at radius 1 is 1.00 bits per heavy atom. The lowest BCUT2D eigenvalue weighted by molar-refractivity contribution is 0.363. The van der Waals surface area contributed by atoms with Crippen LogP contribution in [0.1, 0.15) is 29.5 Å². The Morgan fingerprint density at radius 3 is 2.24 bits per heavy atom. The van der Waals surface area contributed by atoms with Crippen LogP contribution < -0.4 is 10.5 Å². The zero-order valence-electron chi connectivity index (χ0n) is 14.7. The van der Waals surface area contributed by atoms with Gasteiger partial charge in [-0.3, -0.25) is 0 Å². The molecule has 2 aromatic carbocycles. The van der Waals surface area contributed by atoms with E-state index in [2.05, 4.69) is 5.32 Å². The highest BCUT2D eigenvalue weighted by Crippen LogP contribution is 3.02. The normalized spacial score (nSPS) is 26.1. The summed E-state index contributed by atoms with van der Waals surface area (Å²) in [7, 11) is -13.6. The summed E-state index contributed by atoms with van der Waals surface area (Å²) >= 11 is 0. The molecule has 0 radical (unpaired) electrons. The van der Waals surface area contributed by atoms with Crippen molar-refractivity contribution >= 4 is 25.9 Å². The van der Waals surface area contributed by atoms with E-state index in [1.807, 2.05) is 12.2 Å². The molecule has 3 N–H and O–H groups in total. The Kier molecular flexibility index (Phi) is 3.84. The highest BCUT2D eigenvalue weighted by Gasteiger charge is 2.65. The van der Waals surface area contributed by atoms with E-state index in [1.54, 1.807) is 6.07 Å². The van der Waals surface area contributed by atoms with Crippen LogP contribution in [0.15, 0.2) is 64.4 Å². The molecule has 0 saturated heterocycles. The second-order valence-corrected chi connectivity index (χ2v) is 11.3. The maximum atomic E-state index is 13.0. The molecule has 0 aromatic heterocycles. The maximum Gasteiger partial charge on any atom is 0.310 e. The summed E-state index contributed by atoms with van der Waals surface area (Å²) in [5.41, 5.74) is 1.78. The van der Waals surface area contributed by atoms with Gasteiger partial charge in [0.05, 0.1) is 10.9 Å². The standard InChI is InChI=1S/C18H17F5N2O2S2/c19-29(20,21,22,23)13-7-4-11(5-8-13)18-15-3-1-2-14(15)16-10-12(28(24,26)27)6-9-17(16)25-18/h1-2,4-10,14-15,18,25H,3H2,(H2,24,26,27). The summed E-state index contributed by atoms with van der Waals surface area (Å²) in [6.45, 7) is 0. The first-order valence-corrected chi connectivity index (χ1v) is 12.1. The second-order valence-electron chi connectivity index (χ2n) is 7.31. The summed E-state index contributed by atoms with van der Waals surface area (Å²) in [6, 6.07) is 6.90. The number of benzene rings is 2. The Hall–Kier alpha value is -2.11. The monoisotopic (exact) mass is 452 g/mol. The molecule has 3 unspecified atom stereocenters. The van der Waals surface area contributed by atoms with Gasteiger partial charge in [0.15, 0.2) is 0 Å². The molecule has 4 rings (SSSR count). The van der Waals surface area contributed by atoms with Gasteiger partial charge < -0.3 is 5.32 Å². The number of sulfonamides is 1. The third-order valence-electron chi connectivity index (χ3n) is 5.35. The number of rotatable bonds is 3. The number of nitrogens with two attached hydrogens (primary N) is 1.